The summed E-state index contributed by atoms with van der Waals surface area (Å²) in [5.41, 5.74) is 3.90. The number of methoxy groups -OCH3 is 3. The summed E-state index contributed by atoms with van der Waals surface area (Å²) in [5.74, 6) is 0.246. The summed E-state index contributed by atoms with van der Waals surface area (Å²) in [7, 11) is 4.37. The van der Waals surface area contributed by atoms with Crippen LogP contribution >= 0.6 is 0 Å². The highest BCUT2D eigenvalue weighted by Gasteiger charge is 2.16. The van der Waals surface area contributed by atoms with Gasteiger partial charge >= 0.3 is 5.97 Å². The van der Waals surface area contributed by atoms with E-state index in [1.54, 1.807) is 24.3 Å². The number of nitro benzene ring substituents is 1. The second-order valence-corrected chi connectivity index (χ2v) is 7.29. The molecule has 190 valence electrons. The van der Waals surface area contributed by atoms with Crippen molar-refractivity contribution >= 4 is 29.9 Å². The van der Waals surface area contributed by atoms with Crippen molar-refractivity contribution in [3.63, 3.8) is 0 Å². The van der Waals surface area contributed by atoms with Gasteiger partial charge in [-0.15, -0.1) is 0 Å². The average molecular weight is 505 g/mol. The lowest BCUT2D eigenvalue weighted by Gasteiger charge is -2.13. The van der Waals surface area contributed by atoms with E-state index in [2.05, 4.69) is 10.5 Å². The lowest BCUT2D eigenvalue weighted by atomic mass is 10.1. The zero-order valence-corrected chi connectivity index (χ0v) is 20.2. The monoisotopic (exact) mass is 505 g/mol. The van der Waals surface area contributed by atoms with Crippen molar-refractivity contribution in [2.24, 2.45) is 5.10 Å². The normalized spacial score (nSPS) is 10.8. The Hall–Kier alpha value is -5.19. The van der Waals surface area contributed by atoms with Crippen LogP contribution in [0.5, 0.6) is 23.0 Å². The molecule has 0 aliphatic rings. The van der Waals surface area contributed by atoms with Crippen molar-refractivity contribution in [2.45, 2.75) is 0 Å². The predicted molar refractivity (Wildman–Crippen MR) is 135 cm³/mol. The van der Waals surface area contributed by atoms with Gasteiger partial charge in [0.15, 0.2) is 11.5 Å². The number of hydrogen-bond acceptors (Lipinski definition) is 9. The number of hydrogen-bond donors (Lipinski definition) is 1. The van der Waals surface area contributed by atoms with E-state index < -0.39 is 16.8 Å². The lowest BCUT2D eigenvalue weighted by Crippen LogP contribution is -2.18. The predicted octanol–water partition coefficient (Wildman–Crippen LogP) is 4.00. The second-order valence-electron chi connectivity index (χ2n) is 7.29. The van der Waals surface area contributed by atoms with Crippen molar-refractivity contribution < 1.29 is 33.5 Å². The molecule has 1 amide bonds. The van der Waals surface area contributed by atoms with Crippen LogP contribution in [0.1, 0.15) is 21.5 Å². The number of nitrogens with zero attached hydrogens (tertiary/aromatic N) is 2. The number of carbonyl (C=O) groups is 2. The van der Waals surface area contributed by atoms with Gasteiger partial charge in [-0.1, -0.05) is 0 Å². The Morgan fingerprint density at radius 2 is 1.49 bits per heavy atom. The van der Waals surface area contributed by atoms with Crippen molar-refractivity contribution in [3.05, 3.63) is 93.5 Å². The number of non-ortho nitro benzene ring substituents is 1. The number of amides is 1. The molecule has 0 unspecified atom stereocenters. The zero-order valence-electron chi connectivity index (χ0n) is 20.2. The largest absolute Gasteiger partial charge is 0.493 e. The maximum Gasteiger partial charge on any atom is 0.336 e. The van der Waals surface area contributed by atoms with Gasteiger partial charge in [0.1, 0.15) is 5.75 Å². The number of nitrogens with one attached hydrogen (secondary N) is 1. The molecule has 0 aliphatic heterocycles. The van der Waals surface area contributed by atoms with Gasteiger partial charge in [-0.2, -0.15) is 5.10 Å². The molecule has 0 heterocycles. The third-order valence-electron chi connectivity index (χ3n) is 4.92. The highest BCUT2D eigenvalue weighted by atomic mass is 16.6. The van der Waals surface area contributed by atoms with E-state index in [9.17, 15) is 19.7 Å². The molecule has 11 nitrogen and oxygen atoms in total. The minimum Gasteiger partial charge on any atom is -0.493 e. The summed E-state index contributed by atoms with van der Waals surface area (Å²) in [5, 5.41) is 14.6. The standard InChI is InChI=1S/C26H23N3O8/c1-34-22-14-19(15-23(35-2)25(22)36-3)26(31)28-27-16-18-6-11-21(12-7-18)37-24(30)13-8-17-4-9-20(10-5-17)29(32)33/h4-16H,1-3H3,(H,28,31)/b13-8+,27-16+. The summed E-state index contributed by atoms with van der Waals surface area (Å²) < 4.78 is 21.0. The summed E-state index contributed by atoms with van der Waals surface area (Å²) in [4.78, 5) is 34.7. The van der Waals surface area contributed by atoms with Crippen LogP contribution in [0, 0.1) is 10.1 Å². The van der Waals surface area contributed by atoms with Crippen molar-refractivity contribution in [1.82, 2.24) is 5.43 Å². The summed E-state index contributed by atoms with van der Waals surface area (Å²) in [6.45, 7) is 0. The minimum absolute atomic E-state index is 0.0379. The average Bonchev–Trinajstić information content (AvgIpc) is 2.92. The maximum absolute atomic E-state index is 12.5. The summed E-state index contributed by atoms with van der Waals surface area (Å²) in [6.07, 6.45) is 4.13. The Balaban J connectivity index is 1.56. The quantitative estimate of drug-likeness (QED) is 0.109. The minimum atomic E-state index is -0.614. The SMILES string of the molecule is COc1cc(C(=O)N/N=C/c2ccc(OC(=O)/C=C/c3ccc([N+](=O)[O-])cc3)cc2)cc(OC)c1OC. The molecule has 0 atom stereocenters. The maximum atomic E-state index is 12.5. The van der Waals surface area contributed by atoms with Crippen LogP contribution in [0.4, 0.5) is 5.69 Å². The molecular formula is C26H23N3O8. The number of rotatable bonds is 10. The van der Waals surface area contributed by atoms with E-state index in [-0.39, 0.29) is 11.3 Å². The summed E-state index contributed by atoms with van der Waals surface area (Å²) >= 11 is 0. The number of nitro groups is 1. The highest BCUT2D eigenvalue weighted by Crippen LogP contribution is 2.38. The third kappa shape index (κ3) is 7.15. The first-order valence-corrected chi connectivity index (χ1v) is 10.7. The Morgan fingerprint density at radius 1 is 0.892 bits per heavy atom. The number of carbonyl (C=O) groups excluding carboxylic acids is 2. The zero-order chi connectivity index (χ0) is 26.8. The van der Waals surface area contributed by atoms with Crippen LogP contribution in [0.3, 0.4) is 0 Å². The molecular weight excluding hydrogens is 482 g/mol. The first kappa shape index (κ1) is 26.4. The van der Waals surface area contributed by atoms with Crippen molar-refractivity contribution in [2.75, 3.05) is 21.3 Å². The molecule has 0 radical (unpaired) electrons. The third-order valence-corrected chi connectivity index (χ3v) is 4.92. The van der Waals surface area contributed by atoms with Gasteiger partial charge in [-0.05, 0) is 65.7 Å². The molecule has 0 saturated heterocycles. The second kappa shape index (κ2) is 12.5. The molecule has 0 aliphatic carbocycles. The molecule has 1 N–H and O–H groups in total. The van der Waals surface area contributed by atoms with Gasteiger partial charge in [0.2, 0.25) is 5.75 Å². The van der Waals surface area contributed by atoms with Crippen LogP contribution in [0.2, 0.25) is 0 Å². The molecule has 0 aromatic heterocycles. The Kier molecular flexibility index (Phi) is 8.92. The Morgan fingerprint density at radius 3 is 2.03 bits per heavy atom. The smallest absolute Gasteiger partial charge is 0.336 e. The van der Waals surface area contributed by atoms with E-state index in [0.717, 1.165) is 0 Å². The fourth-order valence-corrected chi connectivity index (χ4v) is 3.09. The number of ether oxygens (including phenoxy) is 4. The summed E-state index contributed by atoms with van der Waals surface area (Å²) in [6, 6.07) is 15.2. The van der Waals surface area contributed by atoms with Crippen LogP contribution in [0.15, 0.2) is 71.8 Å². The van der Waals surface area contributed by atoms with Crippen LogP contribution in [0.25, 0.3) is 6.08 Å². The Labute approximate surface area is 212 Å². The van der Waals surface area contributed by atoms with Crippen molar-refractivity contribution in [1.29, 1.82) is 0 Å². The molecule has 0 saturated carbocycles. The molecule has 37 heavy (non-hydrogen) atoms. The van der Waals surface area contributed by atoms with E-state index in [1.165, 1.54) is 76.1 Å². The van der Waals surface area contributed by atoms with Gasteiger partial charge in [0.05, 0.1) is 32.5 Å². The van der Waals surface area contributed by atoms with Crippen LogP contribution in [-0.2, 0) is 4.79 Å². The van der Waals surface area contributed by atoms with Crippen molar-refractivity contribution in [3.8, 4) is 23.0 Å². The lowest BCUT2D eigenvalue weighted by molar-refractivity contribution is -0.384. The van der Waals surface area contributed by atoms with Crippen LogP contribution < -0.4 is 24.4 Å². The molecule has 11 heteroatoms. The molecule has 3 aromatic rings. The Bertz CT molecular complexity index is 1310. The van der Waals surface area contributed by atoms with Gasteiger partial charge < -0.3 is 18.9 Å². The van der Waals surface area contributed by atoms with Gasteiger partial charge in [0, 0.05) is 23.8 Å². The number of hydrazone groups is 1. The van der Waals surface area contributed by atoms with Gasteiger partial charge in [-0.3, -0.25) is 14.9 Å². The number of esters is 1. The van der Waals surface area contributed by atoms with Crippen LogP contribution in [-0.4, -0.2) is 44.3 Å². The molecule has 3 aromatic carbocycles. The first-order valence-electron chi connectivity index (χ1n) is 10.7. The topological polar surface area (TPSA) is 139 Å². The fourth-order valence-electron chi connectivity index (χ4n) is 3.09. The van der Waals surface area contributed by atoms with Gasteiger partial charge in [-0.25, -0.2) is 10.2 Å². The van der Waals surface area contributed by atoms with Gasteiger partial charge in [0.25, 0.3) is 11.6 Å². The van der Waals surface area contributed by atoms with E-state index in [1.807, 2.05) is 0 Å². The molecule has 0 fully saturated rings. The van der Waals surface area contributed by atoms with E-state index >= 15 is 0 Å². The molecule has 0 spiro atoms. The molecule has 0 bridgehead atoms. The first-order chi connectivity index (χ1) is 17.8. The molecule has 3 rings (SSSR count). The van der Waals surface area contributed by atoms with E-state index in [4.69, 9.17) is 18.9 Å². The fraction of sp³-hybridized carbons (Fsp3) is 0.115. The van der Waals surface area contributed by atoms with E-state index in [0.29, 0.717) is 34.1 Å². The number of benzene rings is 3. The highest BCUT2D eigenvalue weighted by molar-refractivity contribution is 5.96.